The Balaban J connectivity index is 0.817. The molecule has 6 rings (SSSR count). The van der Waals surface area contributed by atoms with E-state index in [0.29, 0.717) is 164 Å². The summed E-state index contributed by atoms with van der Waals surface area (Å²) in [5.74, 6) is -11.4. The number of anilines is 2. The molecule has 107 heavy (non-hydrogen) atoms. The summed E-state index contributed by atoms with van der Waals surface area (Å²) in [6, 6.07) is 6.09. The Morgan fingerprint density at radius 3 is 1.23 bits per heavy atom. The standard InChI is InChI=1S/C71H100F4N14O18/c1-6-80-56(41-48(3)76)68(93)84-70-82-54-43-50(66(78)91)45-58(95-5)63(54)88(70)13-8-9-14-89-64-55(83-71(89)85-69(94)57(81-7-2)42-49(4)77)44-51(67(79)92)46-59(64)106-20-10-12-86-15-17-87(18-16-86)19-22-97-24-26-99-28-30-101-32-34-103-36-38-105-40-39-104-37-35-102-33-31-100-29-27-98-25-23-96-21-11-60(90)107-65-61(74)52(72)47-53(73)62(65)75/h8-9,41-47H,6-7,10-40,76-77H2,1-5H3,(H2,78,91)(H2,79,92)(H,82,84,93)(H,83,85,94)/b9-8+,48-41-,49-42-,80-56?,81-57?. The van der Waals surface area contributed by atoms with Gasteiger partial charge in [-0.1, -0.05) is 12.2 Å². The number of ether oxygens (including phenoxy) is 13. The van der Waals surface area contributed by atoms with E-state index < -0.39 is 65.0 Å². The summed E-state index contributed by atoms with van der Waals surface area (Å²) in [5, 5.41) is 5.72. The maximum Gasteiger partial charge on any atom is 0.313 e. The fourth-order valence-corrected chi connectivity index (χ4v) is 10.3. The molecule has 1 fully saturated rings. The summed E-state index contributed by atoms with van der Waals surface area (Å²) >= 11 is 0. The Bertz CT molecular complexity index is 3790. The highest BCUT2D eigenvalue weighted by Gasteiger charge is 2.26. The molecule has 590 valence electrons. The largest absolute Gasteiger partial charge is 0.494 e. The summed E-state index contributed by atoms with van der Waals surface area (Å²) in [6.07, 6.45) is 6.76. The second-order valence-electron chi connectivity index (χ2n) is 23.6. The topological polar surface area (TPSA) is 400 Å². The molecule has 1 aliphatic heterocycles. The number of hydrogen-bond donors (Lipinski definition) is 6. The van der Waals surface area contributed by atoms with Gasteiger partial charge < -0.3 is 98.5 Å². The Labute approximate surface area is 617 Å². The molecule has 0 bridgehead atoms. The third-order valence-corrected chi connectivity index (χ3v) is 15.4. The van der Waals surface area contributed by atoms with Gasteiger partial charge in [0.1, 0.15) is 34.0 Å². The van der Waals surface area contributed by atoms with Crippen LogP contribution in [0.1, 0.15) is 61.3 Å². The Morgan fingerprint density at radius 1 is 0.495 bits per heavy atom. The number of carbonyl (C=O) groups is 5. The number of allylic oxidation sites excluding steroid dienone is 4. The average Bonchev–Trinajstić information content (AvgIpc) is 1.64. The third kappa shape index (κ3) is 30.3. The number of nitrogens with two attached hydrogens (primary N) is 4. The Hall–Kier alpha value is -9.05. The molecule has 1 aliphatic rings. The number of imidazole rings is 2. The first kappa shape index (κ1) is 86.9. The van der Waals surface area contributed by atoms with Crippen molar-refractivity contribution in [1.82, 2.24) is 28.9 Å². The number of aromatic nitrogens is 4. The van der Waals surface area contributed by atoms with E-state index >= 15 is 0 Å². The minimum Gasteiger partial charge on any atom is -0.494 e. The van der Waals surface area contributed by atoms with Crippen molar-refractivity contribution in [2.45, 2.75) is 53.6 Å². The lowest BCUT2D eigenvalue weighted by molar-refractivity contribution is -0.136. The summed E-state index contributed by atoms with van der Waals surface area (Å²) in [6.45, 7) is 19.8. The highest BCUT2D eigenvalue weighted by Crippen LogP contribution is 2.34. The number of carbonyl (C=O) groups excluding carboxylic acids is 5. The molecular weight excluding hydrogens is 1410 g/mol. The zero-order valence-corrected chi connectivity index (χ0v) is 61.3. The van der Waals surface area contributed by atoms with Gasteiger partial charge in [0.2, 0.25) is 41.1 Å². The van der Waals surface area contributed by atoms with Gasteiger partial charge in [-0.2, -0.15) is 8.78 Å². The fourth-order valence-electron chi connectivity index (χ4n) is 10.3. The number of amides is 4. The number of benzene rings is 3. The first-order valence-corrected chi connectivity index (χ1v) is 35.1. The van der Waals surface area contributed by atoms with Crippen LogP contribution in [-0.4, -0.2) is 268 Å². The molecule has 0 saturated carbocycles. The van der Waals surface area contributed by atoms with Gasteiger partial charge >= 0.3 is 5.97 Å². The SMILES string of the molecule is CCN=C(/C=C(/C)N)C(=O)Nc1nc2cc(C(N)=O)cc(OC)c2n1C/C=C/Cn1c(NC(=O)C(/C=C(/C)N)=NCC)nc2cc(C(N)=O)cc(OCCCN3CCN(CCOCCOCCOCCOCCOCCOCCOCCOCCOCCOCCC(=O)Oc4c(F)c(F)cc(F)c4F)CC3)c21. The van der Waals surface area contributed by atoms with Crippen LogP contribution in [0.5, 0.6) is 17.2 Å². The van der Waals surface area contributed by atoms with Crippen molar-refractivity contribution in [2.24, 2.45) is 32.9 Å². The number of rotatable bonds is 54. The molecule has 0 unspecified atom stereocenters. The van der Waals surface area contributed by atoms with E-state index in [2.05, 4.69) is 40.1 Å². The molecule has 36 heteroatoms. The van der Waals surface area contributed by atoms with Gasteiger partial charge in [-0.15, -0.1) is 0 Å². The van der Waals surface area contributed by atoms with Crippen LogP contribution in [0, 0.1) is 23.3 Å². The van der Waals surface area contributed by atoms with Crippen molar-refractivity contribution in [1.29, 1.82) is 0 Å². The fraction of sp³-hybridized carbons (Fsp3) is 0.535. The van der Waals surface area contributed by atoms with E-state index in [1.165, 1.54) is 37.5 Å². The van der Waals surface area contributed by atoms with Crippen LogP contribution in [-0.2, 0) is 74.8 Å². The normalized spacial score (nSPS) is 13.5. The van der Waals surface area contributed by atoms with Crippen LogP contribution < -0.4 is 47.8 Å². The van der Waals surface area contributed by atoms with Crippen molar-refractivity contribution >= 4 is 75.0 Å². The zero-order chi connectivity index (χ0) is 77.3. The molecule has 3 aromatic carbocycles. The molecule has 0 radical (unpaired) electrons. The summed E-state index contributed by atoms with van der Waals surface area (Å²) in [4.78, 5) is 87.3. The lowest BCUT2D eigenvalue weighted by atomic mass is 10.1. The van der Waals surface area contributed by atoms with Crippen molar-refractivity contribution in [3.63, 3.8) is 0 Å². The molecule has 1 saturated heterocycles. The quantitative estimate of drug-likeness (QED) is 0.00594. The van der Waals surface area contributed by atoms with Gasteiger partial charge in [0, 0.05) is 94.0 Å². The molecule has 0 atom stereocenters. The van der Waals surface area contributed by atoms with E-state index in [0.717, 1.165) is 39.3 Å². The van der Waals surface area contributed by atoms with Crippen LogP contribution >= 0.6 is 0 Å². The molecule has 0 spiro atoms. The maximum atomic E-state index is 13.9. The number of piperazine rings is 1. The van der Waals surface area contributed by atoms with Gasteiger partial charge in [-0.25, -0.2) is 18.7 Å². The van der Waals surface area contributed by atoms with Crippen LogP contribution in [0.2, 0.25) is 0 Å². The summed E-state index contributed by atoms with van der Waals surface area (Å²) in [5.41, 5.74) is 26.2. The average molecular weight is 1510 g/mol. The van der Waals surface area contributed by atoms with Gasteiger partial charge in [0.05, 0.1) is 163 Å². The van der Waals surface area contributed by atoms with E-state index in [1.807, 2.05) is 6.08 Å². The molecule has 4 amide bonds. The summed E-state index contributed by atoms with van der Waals surface area (Å²) in [7, 11) is 1.44. The lowest BCUT2D eigenvalue weighted by Crippen LogP contribution is -2.47. The highest BCUT2D eigenvalue weighted by molar-refractivity contribution is 6.47. The first-order valence-electron chi connectivity index (χ1n) is 35.1. The van der Waals surface area contributed by atoms with Gasteiger partial charge in [0.25, 0.3) is 11.8 Å². The van der Waals surface area contributed by atoms with Crippen LogP contribution in [0.15, 0.2) is 76.0 Å². The van der Waals surface area contributed by atoms with Crippen molar-refractivity contribution in [3.05, 3.63) is 100 Å². The lowest BCUT2D eigenvalue weighted by Gasteiger charge is -2.34. The van der Waals surface area contributed by atoms with Gasteiger partial charge in [-0.05, 0) is 70.5 Å². The van der Waals surface area contributed by atoms with Gasteiger partial charge in [-0.3, -0.25) is 49.5 Å². The molecule has 10 N–H and O–H groups in total. The third-order valence-electron chi connectivity index (χ3n) is 15.4. The number of hydrogen-bond acceptors (Lipinski definition) is 26. The minimum absolute atomic E-state index is 0.0121. The first-order chi connectivity index (χ1) is 51.7. The van der Waals surface area contributed by atoms with E-state index in [1.54, 1.807) is 49.0 Å². The predicted octanol–water partition coefficient (Wildman–Crippen LogP) is 4.48. The monoisotopic (exact) mass is 1510 g/mol. The predicted molar refractivity (Wildman–Crippen MR) is 389 cm³/mol. The maximum absolute atomic E-state index is 13.9. The molecule has 0 aliphatic carbocycles. The zero-order valence-electron chi connectivity index (χ0n) is 61.3. The van der Waals surface area contributed by atoms with Crippen molar-refractivity contribution in [2.75, 3.05) is 209 Å². The van der Waals surface area contributed by atoms with E-state index in [-0.39, 0.29) is 92.4 Å². The van der Waals surface area contributed by atoms with Crippen LogP contribution in [0.3, 0.4) is 0 Å². The number of nitrogens with one attached hydrogen (secondary N) is 2. The number of methoxy groups -OCH3 is 1. The molecule has 5 aromatic rings. The second kappa shape index (κ2) is 48.3. The smallest absolute Gasteiger partial charge is 0.313 e. The Morgan fingerprint density at radius 2 is 0.860 bits per heavy atom. The molecule has 2 aromatic heterocycles. The number of nitrogens with zero attached hydrogens (tertiary/aromatic N) is 8. The Kier molecular flexibility index (Phi) is 39.2. The van der Waals surface area contributed by atoms with Crippen molar-refractivity contribution in [3.8, 4) is 17.2 Å². The second-order valence-corrected chi connectivity index (χ2v) is 23.6. The number of fused-ring (bicyclic) bond motifs is 2. The number of primary amides is 2. The number of aliphatic imine (C=N–C) groups is 2. The number of esters is 1. The van der Waals surface area contributed by atoms with E-state index in [4.69, 9.17) is 84.8 Å². The van der Waals surface area contributed by atoms with Crippen LogP contribution in [0.25, 0.3) is 22.1 Å². The number of halogens is 4. The highest BCUT2D eigenvalue weighted by atomic mass is 19.2. The summed E-state index contributed by atoms with van der Waals surface area (Å²) < 4.78 is 129. The van der Waals surface area contributed by atoms with Gasteiger partial charge in [0.15, 0.2) is 11.6 Å². The molecular formula is C71H100F4N14O18. The van der Waals surface area contributed by atoms with Crippen molar-refractivity contribution < 1.29 is 103 Å². The minimum atomic E-state index is -1.81. The molecule has 32 nitrogen and oxygen atoms in total. The van der Waals surface area contributed by atoms with E-state index in [9.17, 15) is 41.5 Å². The van der Waals surface area contributed by atoms with Crippen LogP contribution in [0.4, 0.5) is 29.5 Å². The molecule has 3 heterocycles.